The van der Waals surface area contributed by atoms with E-state index >= 15 is 0 Å². The Morgan fingerprint density at radius 3 is 2.39 bits per heavy atom. The van der Waals surface area contributed by atoms with Crippen LogP contribution in [-0.4, -0.2) is 6.29 Å². The van der Waals surface area contributed by atoms with E-state index in [9.17, 15) is 4.79 Å². The molecule has 2 nitrogen and oxygen atoms in total. The average molecular weight is 240 g/mol. The highest BCUT2D eigenvalue weighted by atomic mass is 16.5. The van der Waals surface area contributed by atoms with Crippen molar-refractivity contribution in [1.82, 2.24) is 0 Å². The number of carbonyl (C=O) groups is 1. The van der Waals surface area contributed by atoms with Crippen molar-refractivity contribution >= 4 is 6.29 Å². The van der Waals surface area contributed by atoms with Gasteiger partial charge in [0.05, 0.1) is 0 Å². The zero-order chi connectivity index (χ0) is 13.0. The van der Waals surface area contributed by atoms with Crippen LogP contribution in [0.1, 0.15) is 16.7 Å². The lowest BCUT2D eigenvalue weighted by Crippen LogP contribution is -1.90. The molecule has 0 saturated carbocycles. The summed E-state index contributed by atoms with van der Waals surface area (Å²) in [5.74, 6) is 1.65. The fourth-order valence-corrected chi connectivity index (χ4v) is 1.83. The van der Waals surface area contributed by atoms with Crippen molar-refractivity contribution in [3.05, 3.63) is 59.2 Å². The Balaban J connectivity index is 2.15. The zero-order valence-electron chi connectivity index (χ0n) is 10.6. The second-order valence-corrected chi connectivity index (χ2v) is 4.39. The molecule has 0 aliphatic carbocycles. The van der Waals surface area contributed by atoms with Crippen LogP contribution in [0.2, 0.25) is 0 Å². The summed E-state index contributed by atoms with van der Waals surface area (Å²) in [5.41, 5.74) is 3.34. The molecule has 0 aliphatic rings. The monoisotopic (exact) mass is 240 g/mol. The predicted octanol–water partition coefficient (Wildman–Crippen LogP) is 3.84. The summed E-state index contributed by atoms with van der Waals surface area (Å²) in [6.07, 6.45) is 1.35. The maximum absolute atomic E-state index is 10.4. The normalized spacial score (nSPS) is 10.1. The molecule has 2 heteroatoms. The van der Waals surface area contributed by atoms with Gasteiger partial charge in [0.2, 0.25) is 0 Å². The van der Waals surface area contributed by atoms with Gasteiger partial charge in [0, 0.05) is 6.42 Å². The molecule has 0 atom stereocenters. The van der Waals surface area contributed by atoms with Gasteiger partial charge < -0.3 is 9.53 Å². The van der Waals surface area contributed by atoms with Crippen molar-refractivity contribution in [2.24, 2.45) is 0 Å². The smallest absolute Gasteiger partial charge is 0.130 e. The molecule has 2 aromatic rings. The quantitative estimate of drug-likeness (QED) is 0.759. The third kappa shape index (κ3) is 2.98. The molecule has 0 heterocycles. The van der Waals surface area contributed by atoms with E-state index in [1.807, 2.05) is 43.3 Å². The van der Waals surface area contributed by atoms with Crippen LogP contribution in [0.15, 0.2) is 42.5 Å². The van der Waals surface area contributed by atoms with E-state index in [4.69, 9.17) is 4.74 Å². The SMILES string of the molecule is Cc1ccc(Oc2ccc(CC=O)cc2)c(C)c1. The van der Waals surface area contributed by atoms with Crippen LogP contribution in [0, 0.1) is 13.8 Å². The summed E-state index contributed by atoms with van der Waals surface area (Å²) in [4.78, 5) is 10.4. The summed E-state index contributed by atoms with van der Waals surface area (Å²) in [7, 11) is 0. The highest BCUT2D eigenvalue weighted by molar-refractivity contribution is 5.55. The van der Waals surface area contributed by atoms with Crippen LogP contribution < -0.4 is 4.74 Å². The molecule has 18 heavy (non-hydrogen) atoms. The molecule has 2 rings (SSSR count). The maximum atomic E-state index is 10.4. The molecule has 0 aliphatic heterocycles. The van der Waals surface area contributed by atoms with E-state index in [-0.39, 0.29) is 0 Å². The van der Waals surface area contributed by atoms with E-state index in [0.29, 0.717) is 6.42 Å². The van der Waals surface area contributed by atoms with E-state index in [1.54, 1.807) is 0 Å². The summed E-state index contributed by atoms with van der Waals surface area (Å²) in [6.45, 7) is 4.09. The molecular weight excluding hydrogens is 224 g/mol. The van der Waals surface area contributed by atoms with Gasteiger partial charge in [0.15, 0.2) is 0 Å². The third-order valence-corrected chi connectivity index (χ3v) is 2.80. The van der Waals surface area contributed by atoms with Crippen molar-refractivity contribution in [2.75, 3.05) is 0 Å². The number of rotatable bonds is 4. The van der Waals surface area contributed by atoms with Gasteiger partial charge in [-0.05, 0) is 43.2 Å². The average Bonchev–Trinajstić information content (AvgIpc) is 2.35. The molecule has 0 unspecified atom stereocenters. The summed E-state index contributed by atoms with van der Waals surface area (Å²) >= 11 is 0. The number of aryl methyl sites for hydroxylation is 2. The second-order valence-electron chi connectivity index (χ2n) is 4.39. The molecule has 0 aromatic heterocycles. The van der Waals surface area contributed by atoms with E-state index in [2.05, 4.69) is 13.0 Å². The second kappa shape index (κ2) is 5.50. The van der Waals surface area contributed by atoms with Gasteiger partial charge in [-0.3, -0.25) is 0 Å². The number of aldehydes is 1. The molecule has 0 fully saturated rings. The van der Waals surface area contributed by atoms with Gasteiger partial charge in [-0.2, -0.15) is 0 Å². The largest absolute Gasteiger partial charge is 0.457 e. The number of ether oxygens (including phenoxy) is 1. The van der Waals surface area contributed by atoms with Crippen molar-refractivity contribution in [3.8, 4) is 11.5 Å². The van der Waals surface area contributed by atoms with Gasteiger partial charge in [-0.1, -0.05) is 29.8 Å². The Hall–Kier alpha value is -2.09. The van der Waals surface area contributed by atoms with Crippen LogP contribution in [0.3, 0.4) is 0 Å². The Bertz CT molecular complexity index is 542. The lowest BCUT2D eigenvalue weighted by atomic mass is 10.1. The lowest BCUT2D eigenvalue weighted by Gasteiger charge is -2.09. The van der Waals surface area contributed by atoms with Gasteiger partial charge >= 0.3 is 0 Å². The van der Waals surface area contributed by atoms with E-state index < -0.39 is 0 Å². The Morgan fingerprint density at radius 2 is 1.78 bits per heavy atom. The van der Waals surface area contributed by atoms with Crippen molar-refractivity contribution in [3.63, 3.8) is 0 Å². The Labute approximate surface area is 107 Å². The number of benzene rings is 2. The Morgan fingerprint density at radius 1 is 1.06 bits per heavy atom. The molecule has 0 saturated heterocycles. The fourth-order valence-electron chi connectivity index (χ4n) is 1.83. The minimum atomic E-state index is 0.448. The van der Waals surface area contributed by atoms with Crippen molar-refractivity contribution < 1.29 is 9.53 Å². The molecule has 0 spiro atoms. The molecule has 2 aromatic carbocycles. The van der Waals surface area contributed by atoms with Crippen LogP contribution in [0.25, 0.3) is 0 Å². The first-order valence-electron chi connectivity index (χ1n) is 5.97. The van der Waals surface area contributed by atoms with Gasteiger partial charge in [-0.25, -0.2) is 0 Å². The number of carbonyl (C=O) groups excluding carboxylic acids is 1. The number of hydrogen-bond acceptors (Lipinski definition) is 2. The van der Waals surface area contributed by atoms with Crippen molar-refractivity contribution in [2.45, 2.75) is 20.3 Å². The molecular formula is C16H16O2. The molecule has 0 amide bonds. The lowest BCUT2D eigenvalue weighted by molar-refractivity contribution is -0.107. The van der Waals surface area contributed by atoms with E-state index in [1.165, 1.54) is 5.56 Å². The van der Waals surface area contributed by atoms with E-state index in [0.717, 1.165) is 28.9 Å². The van der Waals surface area contributed by atoms with Crippen LogP contribution in [0.4, 0.5) is 0 Å². The molecule has 92 valence electrons. The standard InChI is InChI=1S/C16H16O2/c1-12-3-8-16(13(2)11-12)18-15-6-4-14(5-7-15)9-10-17/h3-8,10-11H,9H2,1-2H3. The van der Waals surface area contributed by atoms with Gasteiger partial charge in [-0.15, -0.1) is 0 Å². The molecule has 0 N–H and O–H groups in total. The van der Waals surface area contributed by atoms with Crippen LogP contribution in [0.5, 0.6) is 11.5 Å². The first kappa shape index (κ1) is 12.4. The maximum Gasteiger partial charge on any atom is 0.130 e. The highest BCUT2D eigenvalue weighted by Crippen LogP contribution is 2.25. The number of hydrogen-bond donors (Lipinski definition) is 0. The predicted molar refractivity (Wildman–Crippen MR) is 72.2 cm³/mol. The minimum absolute atomic E-state index is 0.448. The summed E-state index contributed by atoms with van der Waals surface area (Å²) in [6, 6.07) is 13.7. The third-order valence-electron chi connectivity index (χ3n) is 2.80. The van der Waals surface area contributed by atoms with Crippen LogP contribution >= 0.6 is 0 Å². The fraction of sp³-hybridized carbons (Fsp3) is 0.188. The molecule has 0 radical (unpaired) electrons. The zero-order valence-corrected chi connectivity index (χ0v) is 10.6. The first-order chi connectivity index (χ1) is 8.69. The highest BCUT2D eigenvalue weighted by Gasteiger charge is 2.01. The first-order valence-corrected chi connectivity index (χ1v) is 5.97. The van der Waals surface area contributed by atoms with Crippen LogP contribution in [-0.2, 0) is 11.2 Å². The Kier molecular flexibility index (Phi) is 3.78. The van der Waals surface area contributed by atoms with Gasteiger partial charge in [0.1, 0.15) is 17.8 Å². The topological polar surface area (TPSA) is 26.3 Å². The molecule has 0 bridgehead atoms. The minimum Gasteiger partial charge on any atom is -0.457 e. The summed E-state index contributed by atoms with van der Waals surface area (Å²) in [5, 5.41) is 0. The van der Waals surface area contributed by atoms with Crippen molar-refractivity contribution in [1.29, 1.82) is 0 Å². The summed E-state index contributed by atoms with van der Waals surface area (Å²) < 4.78 is 5.81. The van der Waals surface area contributed by atoms with Gasteiger partial charge in [0.25, 0.3) is 0 Å².